The Balaban J connectivity index is 2.14. The average Bonchev–Trinajstić information content (AvgIpc) is 2.37. The van der Waals surface area contributed by atoms with Gasteiger partial charge in [-0.25, -0.2) is 0 Å². The van der Waals surface area contributed by atoms with Gasteiger partial charge in [0.1, 0.15) is 0 Å². The SMILES string of the molecule is CCCNC(C)CCCS(=O)Cc1ccccc1. The molecule has 1 aromatic carbocycles. The summed E-state index contributed by atoms with van der Waals surface area (Å²) in [4.78, 5) is 0. The summed E-state index contributed by atoms with van der Waals surface area (Å²) >= 11 is 0. The van der Waals surface area contributed by atoms with Crippen molar-refractivity contribution < 1.29 is 4.21 Å². The van der Waals surface area contributed by atoms with Crippen LogP contribution in [0.3, 0.4) is 0 Å². The molecule has 2 nitrogen and oxygen atoms in total. The Morgan fingerprint density at radius 2 is 2.00 bits per heavy atom. The summed E-state index contributed by atoms with van der Waals surface area (Å²) in [6, 6.07) is 10.6. The molecule has 0 radical (unpaired) electrons. The molecule has 0 aromatic heterocycles. The lowest BCUT2D eigenvalue weighted by Crippen LogP contribution is -2.26. The summed E-state index contributed by atoms with van der Waals surface area (Å²) in [5, 5.41) is 3.46. The van der Waals surface area contributed by atoms with E-state index in [0.29, 0.717) is 11.8 Å². The van der Waals surface area contributed by atoms with Crippen LogP contribution in [0, 0.1) is 0 Å². The standard InChI is InChI=1S/C15H25NOS/c1-3-11-16-14(2)8-7-12-18(17)13-15-9-5-4-6-10-15/h4-6,9-10,14,16H,3,7-8,11-13H2,1-2H3. The number of rotatable bonds is 9. The van der Waals surface area contributed by atoms with Gasteiger partial charge in [-0.1, -0.05) is 37.3 Å². The van der Waals surface area contributed by atoms with E-state index in [1.54, 1.807) is 0 Å². The van der Waals surface area contributed by atoms with Crippen molar-refractivity contribution in [2.45, 2.75) is 44.9 Å². The largest absolute Gasteiger partial charge is 0.314 e. The molecule has 0 fully saturated rings. The number of hydrogen-bond donors (Lipinski definition) is 1. The maximum Gasteiger partial charge on any atom is 0.0485 e. The molecule has 0 saturated heterocycles. The molecule has 1 N–H and O–H groups in total. The smallest absolute Gasteiger partial charge is 0.0485 e. The third-order valence-corrected chi connectivity index (χ3v) is 4.32. The normalized spacial score (nSPS) is 14.3. The fourth-order valence-electron chi connectivity index (χ4n) is 1.88. The molecule has 0 aliphatic rings. The molecular weight excluding hydrogens is 242 g/mol. The van der Waals surface area contributed by atoms with Gasteiger partial charge in [-0.05, 0) is 38.3 Å². The highest BCUT2D eigenvalue weighted by atomic mass is 32.2. The second kappa shape index (κ2) is 9.29. The van der Waals surface area contributed by atoms with E-state index < -0.39 is 10.8 Å². The van der Waals surface area contributed by atoms with E-state index in [9.17, 15) is 4.21 Å². The zero-order valence-electron chi connectivity index (χ0n) is 11.5. The van der Waals surface area contributed by atoms with Crippen LogP contribution in [-0.4, -0.2) is 22.5 Å². The third kappa shape index (κ3) is 6.92. The molecule has 3 heteroatoms. The summed E-state index contributed by atoms with van der Waals surface area (Å²) in [6.45, 7) is 5.46. The van der Waals surface area contributed by atoms with Gasteiger partial charge in [0, 0.05) is 28.3 Å². The van der Waals surface area contributed by atoms with E-state index in [-0.39, 0.29) is 0 Å². The van der Waals surface area contributed by atoms with Crippen molar-refractivity contribution in [2.24, 2.45) is 0 Å². The molecule has 18 heavy (non-hydrogen) atoms. The minimum absolute atomic E-state index is 0.540. The van der Waals surface area contributed by atoms with Gasteiger partial charge < -0.3 is 5.32 Å². The Morgan fingerprint density at radius 3 is 2.67 bits per heavy atom. The van der Waals surface area contributed by atoms with E-state index >= 15 is 0 Å². The Hall–Kier alpha value is -0.670. The molecule has 2 unspecified atom stereocenters. The van der Waals surface area contributed by atoms with Crippen LogP contribution in [0.4, 0.5) is 0 Å². The Kier molecular flexibility index (Phi) is 7.94. The number of benzene rings is 1. The van der Waals surface area contributed by atoms with Crippen molar-refractivity contribution in [3.8, 4) is 0 Å². The summed E-state index contributed by atoms with van der Waals surface area (Å²) in [6.07, 6.45) is 3.32. The zero-order chi connectivity index (χ0) is 13.2. The van der Waals surface area contributed by atoms with Crippen LogP contribution in [0.1, 0.15) is 38.7 Å². The third-order valence-electron chi connectivity index (χ3n) is 2.92. The molecule has 0 heterocycles. The van der Waals surface area contributed by atoms with Crippen LogP contribution in [-0.2, 0) is 16.6 Å². The molecule has 0 aliphatic carbocycles. The van der Waals surface area contributed by atoms with Gasteiger partial charge in [-0.2, -0.15) is 0 Å². The Bertz CT molecular complexity index is 340. The van der Waals surface area contributed by atoms with Gasteiger partial charge in [-0.3, -0.25) is 4.21 Å². The first-order valence-corrected chi connectivity index (χ1v) is 8.33. The fraction of sp³-hybridized carbons (Fsp3) is 0.600. The summed E-state index contributed by atoms with van der Waals surface area (Å²) in [5.74, 6) is 1.50. The predicted molar refractivity (Wildman–Crippen MR) is 80.1 cm³/mol. The molecule has 0 amide bonds. The van der Waals surface area contributed by atoms with E-state index in [4.69, 9.17) is 0 Å². The van der Waals surface area contributed by atoms with E-state index in [1.165, 1.54) is 12.0 Å². The quantitative estimate of drug-likeness (QED) is 0.745. The number of hydrogen-bond acceptors (Lipinski definition) is 2. The van der Waals surface area contributed by atoms with Crippen LogP contribution < -0.4 is 5.32 Å². The first-order valence-electron chi connectivity index (χ1n) is 6.84. The summed E-state index contributed by atoms with van der Waals surface area (Å²) in [7, 11) is -0.721. The molecule has 2 atom stereocenters. The van der Waals surface area contributed by atoms with Gasteiger partial charge in [0.15, 0.2) is 0 Å². The molecule has 1 aromatic rings. The van der Waals surface area contributed by atoms with Crippen molar-refractivity contribution >= 4 is 10.8 Å². The summed E-state index contributed by atoms with van der Waals surface area (Å²) in [5.41, 5.74) is 1.17. The van der Waals surface area contributed by atoms with Crippen molar-refractivity contribution in [1.82, 2.24) is 5.32 Å². The highest BCUT2D eigenvalue weighted by Gasteiger charge is 2.04. The van der Waals surface area contributed by atoms with Gasteiger partial charge in [0.25, 0.3) is 0 Å². The van der Waals surface area contributed by atoms with Crippen molar-refractivity contribution in [3.05, 3.63) is 35.9 Å². The maximum absolute atomic E-state index is 11.9. The van der Waals surface area contributed by atoms with Gasteiger partial charge in [0.05, 0.1) is 0 Å². The monoisotopic (exact) mass is 267 g/mol. The molecule has 0 aliphatic heterocycles. The van der Waals surface area contributed by atoms with Gasteiger partial charge >= 0.3 is 0 Å². The van der Waals surface area contributed by atoms with E-state index in [0.717, 1.165) is 25.1 Å². The lowest BCUT2D eigenvalue weighted by atomic mass is 10.2. The van der Waals surface area contributed by atoms with Gasteiger partial charge in [0.2, 0.25) is 0 Å². The van der Waals surface area contributed by atoms with Crippen LogP contribution >= 0.6 is 0 Å². The Morgan fingerprint density at radius 1 is 1.28 bits per heavy atom. The van der Waals surface area contributed by atoms with Gasteiger partial charge in [-0.15, -0.1) is 0 Å². The highest BCUT2D eigenvalue weighted by Crippen LogP contribution is 2.05. The van der Waals surface area contributed by atoms with Crippen LogP contribution in [0.15, 0.2) is 30.3 Å². The Labute approximate surface area is 114 Å². The van der Waals surface area contributed by atoms with Crippen LogP contribution in [0.2, 0.25) is 0 Å². The maximum atomic E-state index is 11.9. The predicted octanol–water partition coefficient (Wildman–Crippen LogP) is 3.10. The molecule has 0 saturated carbocycles. The second-order valence-electron chi connectivity index (χ2n) is 4.77. The molecule has 1 rings (SSSR count). The molecule has 102 valence electrons. The lowest BCUT2D eigenvalue weighted by molar-refractivity contribution is 0.509. The minimum Gasteiger partial charge on any atom is -0.314 e. The van der Waals surface area contributed by atoms with Crippen LogP contribution in [0.25, 0.3) is 0 Å². The number of nitrogens with one attached hydrogen (secondary N) is 1. The zero-order valence-corrected chi connectivity index (χ0v) is 12.3. The first-order chi connectivity index (χ1) is 8.72. The highest BCUT2D eigenvalue weighted by molar-refractivity contribution is 7.84. The topological polar surface area (TPSA) is 29.1 Å². The van der Waals surface area contributed by atoms with E-state index in [2.05, 4.69) is 19.2 Å². The molecule has 0 spiro atoms. The van der Waals surface area contributed by atoms with E-state index in [1.807, 2.05) is 30.3 Å². The van der Waals surface area contributed by atoms with Crippen molar-refractivity contribution in [1.29, 1.82) is 0 Å². The molecular formula is C15H25NOS. The second-order valence-corrected chi connectivity index (χ2v) is 6.35. The average molecular weight is 267 g/mol. The fourth-order valence-corrected chi connectivity index (χ4v) is 3.07. The minimum atomic E-state index is -0.721. The lowest BCUT2D eigenvalue weighted by Gasteiger charge is -2.12. The van der Waals surface area contributed by atoms with Crippen molar-refractivity contribution in [2.75, 3.05) is 12.3 Å². The first kappa shape index (κ1) is 15.4. The van der Waals surface area contributed by atoms with Crippen molar-refractivity contribution in [3.63, 3.8) is 0 Å². The summed E-state index contributed by atoms with van der Waals surface area (Å²) < 4.78 is 11.9. The molecule has 0 bridgehead atoms. The van der Waals surface area contributed by atoms with Crippen LogP contribution in [0.5, 0.6) is 0 Å².